The SMILES string of the molecule is CC#CO[C]1CCC([C]2CCC(C)CC2)CC1. The molecule has 94 valence electrons. The highest BCUT2D eigenvalue weighted by Crippen LogP contribution is 2.43. The average Bonchev–Trinajstić information content (AvgIpc) is 2.38. The van der Waals surface area contributed by atoms with Gasteiger partial charge in [-0.05, 0) is 56.3 Å². The van der Waals surface area contributed by atoms with Crippen LogP contribution in [0.2, 0.25) is 0 Å². The van der Waals surface area contributed by atoms with Gasteiger partial charge in [0.25, 0.3) is 0 Å². The van der Waals surface area contributed by atoms with Gasteiger partial charge in [-0.25, -0.2) is 0 Å². The van der Waals surface area contributed by atoms with Gasteiger partial charge in [0.15, 0.2) is 6.10 Å². The van der Waals surface area contributed by atoms with Gasteiger partial charge in [0.1, 0.15) is 6.11 Å². The van der Waals surface area contributed by atoms with Crippen LogP contribution in [0.5, 0.6) is 0 Å². The van der Waals surface area contributed by atoms with Crippen LogP contribution in [-0.4, -0.2) is 0 Å². The molecule has 2 fully saturated rings. The van der Waals surface area contributed by atoms with E-state index in [1.807, 2.05) is 12.8 Å². The zero-order chi connectivity index (χ0) is 12.1. The lowest BCUT2D eigenvalue weighted by Gasteiger charge is -2.35. The smallest absolute Gasteiger partial charge is 0.161 e. The summed E-state index contributed by atoms with van der Waals surface area (Å²) in [5.41, 5.74) is 0. The second-order valence-corrected chi connectivity index (χ2v) is 5.61. The Morgan fingerprint density at radius 3 is 2.24 bits per heavy atom. The minimum Gasteiger partial charge on any atom is -0.436 e. The molecule has 17 heavy (non-hydrogen) atoms. The summed E-state index contributed by atoms with van der Waals surface area (Å²) in [5, 5.41) is 0. The van der Waals surface area contributed by atoms with Gasteiger partial charge < -0.3 is 4.74 Å². The summed E-state index contributed by atoms with van der Waals surface area (Å²) in [4.78, 5) is 0. The number of rotatable bonds is 2. The summed E-state index contributed by atoms with van der Waals surface area (Å²) in [5.74, 6) is 6.48. The molecule has 0 aromatic rings. The maximum Gasteiger partial charge on any atom is 0.161 e. The normalized spacial score (nSPS) is 25.3. The van der Waals surface area contributed by atoms with Gasteiger partial charge in [0.05, 0.1) is 0 Å². The van der Waals surface area contributed by atoms with E-state index in [1.165, 1.54) is 44.6 Å². The summed E-state index contributed by atoms with van der Waals surface area (Å²) < 4.78 is 5.43. The van der Waals surface area contributed by atoms with Crippen LogP contribution in [0.3, 0.4) is 0 Å². The van der Waals surface area contributed by atoms with Crippen molar-refractivity contribution in [1.82, 2.24) is 0 Å². The Morgan fingerprint density at radius 2 is 1.65 bits per heavy atom. The molecule has 0 bridgehead atoms. The highest BCUT2D eigenvalue weighted by molar-refractivity contribution is 5.04. The molecule has 2 aliphatic rings. The molecule has 0 spiro atoms. The van der Waals surface area contributed by atoms with Crippen LogP contribution in [0.25, 0.3) is 0 Å². The Balaban J connectivity index is 1.72. The molecule has 0 aromatic carbocycles. The Kier molecular flexibility index (Phi) is 4.77. The molecule has 0 aromatic heterocycles. The molecule has 0 atom stereocenters. The van der Waals surface area contributed by atoms with Crippen molar-refractivity contribution in [2.75, 3.05) is 0 Å². The highest BCUT2D eigenvalue weighted by atomic mass is 16.5. The fourth-order valence-electron chi connectivity index (χ4n) is 3.11. The lowest BCUT2D eigenvalue weighted by Crippen LogP contribution is -2.23. The van der Waals surface area contributed by atoms with E-state index in [2.05, 4.69) is 19.0 Å². The van der Waals surface area contributed by atoms with Gasteiger partial charge in [-0.2, -0.15) is 0 Å². The third kappa shape index (κ3) is 3.66. The number of hydrogen-bond acceptors (Lipinski definition) is 1. The van der Waals surface area contributed by atoms with Crippen molar-refractivity contribution in [3.8, 4) is 12.0 Å². The van der Waals surface area contributed by atoms with Crippen molar-refractivity contribution < 1.29 is 4.74 Å². The minimum atomic E-state index is 0.879. The quantitative estimate of drug-likeness (QED) is 0.637. The molecule has 2 rings (SSSR count). The van der Waals surface area contributed by atoms with E-state index in [0.717, 1.165) is 24.7 Å². The lowest BCUT2D eigenvalue weighted by molar-refractivity contribution is 0.193. The van der Waals surface area contributed by atoms with Gasteiger partial charge in [0.2, 0.25) is 0 Å². The van der Waals surface area contributed by atoms with Crippen LogP contribution in [0.15, 0.2) is 0 Å². The molecular formula is C16H24O. The molecule has 0 amide bonds. The Labute approximate surface area is 106 Å². The average molecular weight is 232 g/mol. The molecule has 0 N–H and O–H groups in total. The summed E-state index contributed by atoms with van der Waals surface area (Å²) >= 11 is 0. The van der Waals surface area contributed by atoms with Gasteiger partial charge >= 0.3 is 0 Å². The maximum absolute atomic E-state index is 5.43. The van der Waals surface area contributed by atoms with E-state index in [4.69, 9.17) is 4.74 Å². The first kappa shape index (κ1) is 12.8. The fourth-order valence-corrected chi connectivity index (χ4v) is 3.11. The van der Waals surface area contributed by atoms with Crippen molar-refractivity contribution in [3.05, 3.63) is 12.0 Å². The first-order valence-corrected chi connectivity index (χ1v) is 7.07. The zero-order valence-electron chi connectivity index (χ0n) is 11.2. The number of hydrogen-bond donors (Lipinski definition) is 0. The Bertz CT molecular complexity index is 270. The highest BCUT2D eigenvalue weighted by Gasteiger charge is 2.31. The van der Waals surface area contributed by atoms with Crippen LogP contribution < -0.4 is 0 Å². The standard InChI is InChI=1S/C16H24O/c1-3-12-17-16-10-8-15(9-11-16)14-6-4-13(2)5-7-14/h13,15H,4-11H2,1-2H3. The van der Waals surface area contributed by atoms with Gasteiger partial charge in [-0.3, -0.25) is 0 Å². The Morgan fingerprint density at radius 1 is 1.00 bits per heavy atom. The van der Waals surface area contributed by atoms with Crippen molar-refractivity contribution in [2.24, 2.45) is 11.8 Å². The van der Waals surface area contributed by atoms with Crippen LogP contribution in [0, 0.1) is 35.9 Å². The summed E-state index contributed by atoms with van der Waals surface area (Å²) in [7, 11) is 0. The molecule has 0 heterocycles. The predicted octanol–water partition coefficient (Wildman–Crippen LogP) is 4.49. The van der Waals surface area contributed by atoms with Crippen LogP contribution in [-0.2, 0) is 4.74 Å². The molecule has 2 saturated carbocycles. The monoisotopic (exact) mass is 232 g/mol. The zero-order valence-corrected chi connectivity index (χ0v) is 11.2. The summed E-state index contributed by atoms with van der Waals surface area (Å²) in [6, 6.07) is 0. The van der Waals surface area contributed by atoms with Gasteiger partial charge in [0, 0.05) is 6.92 Å². The molecule has 0 saturated heterocycles. The molecule has 0 aliphatic heterocycles. The van der Waals surface area contributed by atoms with Gasteiger partial charge in [-0.15, -0.1) is 0 Å². The summed E-state index contributed by atoms with van der Waals surface area (Å²) in [6.07, 6.45) is 14.4. The van der Waals surface area contributed by atoms with Crippen molar-refractivity contribution in [2.45, 2.75) is 65.2 Å². The van der Waals surface area contributed by atoms with Crippen LogP contribution in [0.4, 0.5) is 0 Å². The van der Waals surface area contributed by atoms with Crippen molar-refractivity contribution >= 4 is 0 Å². The van der Waals surface area contributed by atoms with E-state index in [-0.39, 0.29) is 0 Å². The van der Waals surface area contributed by atoms with E-state index >= 15 is 0 Å². The van der Waals surface area contributed by atoms with Crippen LogP contribution in [0.1, 0.15) is 65.2 Å². The molecule has 1 heteroatoms. The van der Waals surface area contributed by atoms with E-state index in [0.29, 0.717) is 0 Å². The van der Waals surface area contributed by atoms with E-state index in [9.17, 15) is 0 Å². The molecule has 2 radical (unpaired) electrons. The van der Waals surface area contributed by atoms with E-state index in [1.54, 1.807) is 0 Å². The minimum absolute atomic E-state index is 0.879. The summed E-state index contributed by atoms with van der Waals surface area (Å²) in [6.45, 7) is 4.21. The van der Waals surface area contributed by atoms with Crippen molar-refractivity contribution in [1.29, 1.82) is 0 Å². The van der Waals surface area contributed by atoms with Gasteiger partial charge in [-0.1, -0.05) is 25.7 Å². The van der Waals surface area contributed by atoms with E-state index < -0.39 is 0 Å². The van der Waals surface area contributed by atoms with Crippen LogP contribution >= 0.6 is 0 Å². The second-order valence-electron chi connectivity index (χ2n) is 5.61. The third-order valence-electron chi connectivity index (χ3n) is 4.33. The third-order valence-corrected chi connectivity index (χ3v) is 4.33. The maximum atomic E-state index is 5.43. The number of ether oxygens (including phenoxy) is 1. The molecular weight excluding hydrogens is 208 g/mol. The lowest BCUT2D eigenvalue weighted by atomic mass is 9.71. The first-order chi connectivity index (χ1) is 8.29. The fraction of sp³-hybridized carbons (Fsp3) is 0.750. The predicted molar refractivity (Wildman–Crippen MR) is 70.6 cm³/mol. The van der Waals surface area contributed by atoms with Crippen molar-refractivity contribution in [3.63, 3.8) is 0 Å². The second kappa shape index (κ2) is 6.34. The first-order valence-electron chi connectivity index (χ1n) is 7.07. The molecule has 2 aliphatic carbocycles. The molecule has 1 nitrogen and oxygen atoms in total. The Hall–Kier alpha value is -0.640. The molecule has 0 unspecified atom stereocenters. The topological polar surface area (TPSA) is 9.23 Å². The largest absolute Gasteiger partial charge is 0.436 e.